The minimum absolute atomic E-state index is 0.0870. The predicted octanol–water partition coefficient (Wildman–Crippen LogP) is 2.38. The van der Waals surface area contributed by atoms with Crippen LogP contribution in [0.3, 0.4) is 0 Å². The van der Waals surface area contributed by atoms with Crippen LogP contribution >= 0.6 is 15.9 Å². The van der Waals surface area contributed by atoms with Gasteiger partial charge in [-0.15, -0.1) is 0 Å². The lowest BCUT2D eigenvalue weighted by Gasteiger charge is -2.15. The molecule has 1 aliphatic heterocycles. The fraction of sp³-hybridized carbons (Fsp3) is 0.500. The van der Waals surface area contributed by atoms with Crippen LogP contribution < -0.4 is 4.72 Å². The smallest absolute Gasteiger partial charge is 0.242 e. The summed E-state index contributed by atoms with van der Waals surface area (Å²) in [5.74, 6) is 0. The first kappa shape index (κ1) is 13.8. The van der Waals surface area contributed by atoms with Crippen LogP contribution in [-0.4, -0.2) is 31.1 Å². The van der Waals surface area contributed by atoms with Gasteiger partial charge in [-0.05, 0) is 43.6 Å². The first-order chi connectivity index (χ1) is 8.59. The van der Waals surface area contributed by atoms with E-state index in [4.69, 9.17) is 0 Å². The molecule has 0 radical (unpaired) electrons. The van der Waals surface area contributed by atoms with E-state index in [0.29, 0.717) is 5.69 Å². The lowest BCUT2D eigenvalue weighted by Crippen LogP contribution is -2.18. The number of nitrogens with zero attached hydrogens (tertiary/aromatic N) is 1. The maximum absolute atomic E-state index is 11.5. The lowest BCUT2D eigenvalue weighted by atomic mass is 10.2. The van der Waals surface area contributed by atoms with Crippen LogP contribution in [0.4, 0.5) is 5.69 Å². The van der Waals surface area contributed by atoms with Gasteiger partial charge >= 0.3 is 0 Å². The van der Waals surface area contributed by atoms with E-state index in [1.807, 2.05) is 18.2 Å². The normalized spacial score (nSPS) is 16.9. The van der Waals surface area contributed by atoms with Crippen LogP contribution in [0, 0.1) is 0 Å². The Morgan fingerprint density at radius 3 is 2.67 bits per heavy atom. The van der Waals surface area contributed by atoms with Crippen molar-refractivity contribution in [2.45, 2.75) is 19.4 Å². The topological polar surface area (TPSA) is 49.4 Å². The van der Waals surface area contributed by atoms with E-state index in [2.05, 4.69) is 25.6 Å². The van der Waals surface area contributed by atoms with Gasteiger partial charge in [0, 0.05) is 12.2 Å². The van der Waals surface area contributed by atoms with Gasteiger partial charge in [0.2, 0.25) is 10.0 Å². The van der Waals surface area contributed by atoms with Crippen molar-refractivity contribution < 1.29 is 8.42 Å². The summed E-state index contributed by atoms with van der Waals surface area (Å²) in [6.45, 7) is 3.17. The molecule has 0 atom stereocenters. The Bertz CT molecular complexity index is 499. The number of alkyl halides is 1. The molecule has 0 amide bonds. The number of sulfonamides is 1. The summed E-state index contributed by atoms with van der Waals surface area (Å²) in [7, 11) is -3.26. The molecule has 0 bridgehead atoms. The summed E-state index contributed by atoms with van der Waals surface area (Å²) in [5.41, 5.74) is 1.78. The van der Waals surface area contributed by atoms with Gasteiger partial charge in [0.1, 0.15) is 4.66 Å². The molecule has 1 aromatic carbocycles. The number of likely N-dealkylation sites (tertiary alicyclic amines) is 1. The molecule has 6 heteroatoms. The molecule has 4 nitrogen and oxygen atoms in total. The number of halogens is 1. The molecule has 1 N–H and O–H groups in total. The molecule has 0 aromatic heterocycles. The van der Waals surface area contributed by atoms with E-state index in [1.165, 1.54) is 12.8 Å². The molecule has 100 valence electrons. The minimum Gasteiger partial charge on any atom is -0.299 e. The Kier molecular flexibility index (Phi) is 4.64. The van der Waals surface area contributed by atoms with Crippen LogP contribution in [-0.2, 0) is 16.6 Å². The fourth-order valence-corrected chi connectivity index (χ4v) is 3.02. The predicted molar refractivity (Wildman–Crippen MR) is 77.3 cm³/mol. The quantitative estimate of drug-likeness (QED) is 0.842. The minimum atomic E-state index is -3.26. The first-order valence-corrected chi connectivity index (χ1v) is 8.74. The van der Waals surface area contributed by atoms with Crippen LogP contribution in [0.25, 0.3) is 0 Å². The Hall–Kier alpha value is -0.590. The second-order valence-electron chi connectivity index (χ2n) is 4.51. The average molecular weight is 333 g/mol. The number of anilines is 1. The molecular formula is C12H17BrN2O2S. The van der Waals surface area contributed by atoms with Gasteiger partial charge < -0.3 is 0 Å². The molecule has 0 aliphatic carbocycles. The zero-order valence-corrected chi connectivity index (χ0v) is 12.5. The highest BCUT2D eigenvalue weighted by Gasteiger charge is 2.12. The number of rotatable bonds is 5. The van der Waals surface area contributed by atoms with Crippen molar-refractivity contribution in [1.82, 2.24) is 4.90 Å². The Labute approximate surface area is 117 Å². The maximum atomic E-state index is 11.5. The molecule has 1 aromatic rings. The molecule has 1 aliphatic rings. The lowest BCUT2D eigenvalue weighted by molar-refractivity contribution is 0.331. The van der Waals surface area contributed by atoms with Crippen molar-refractivity contribution in [1.29, 1.82) is 0 Å². The van der Waals surface area contributed by atoms with Gasteiger partial charge in [-0.3, -0.25) is 9.62 Å². The van der Waals surface area contributed by atoms with Crippen LogP contribution in [0.5, 0.6) is 0 Å². The largest absolute Gasteiger partial charge is 0.299 e. The highest BCUT2D eigenvalue weighted by Crippen LogP contribution is 2.17. The van der Waals surface area contributed by atoms with Crippen molar-refractivity contribution >= 4 is 31.6 Å². The van der Waals surface area contributed by atoms with Crippen molar-refractivity contribution in [3.8, 4) is 0 Å². The molecular weight excluding hydrogens is 316 g/mol. The third-order valence-corrected chi connectivity index (χ3v) is 5.59. The van der Waals surface area contributed by atoms with Gasteiger partial charge in [-0.25, -0.2) is 8.42 Å². The van der Waals surface area contributed by atoms with Gasteiger partial charge in [-0.2, -0.15) is 0 Å². The van der Waals surface area contributed by atoms with Crippen molar-refractivity contribution in [3.05, 3.63) is 29.8 Å². The number of hydrogen-bond donors (Lipinski definition) is 1. The molecule has 0 spiro atoms. The zero-order chi connectivity index (χ0) is 13.0. The summed E-state index contributed by atoms with van der Waals surface area (Å²) < 4.78 is 25.4. The molecule has 0 unspecified atom stereocenters. The summed E-state index contributed by atoms with van der Waals surface area (Å²) in [5, 5.41) is 0. The van der Waals surface area contributed by atoms with Crippen molar-refractivity contribution in [3.63, 3.8) is 0 Å². The van der Waals surface area contributed by atoms with Crippen molar-refractivity contribution in [2.24, 2.45) is 0 Å². The molecule has 1 fully saturated rings. The Balaban J connectivity index is 2.05. The highest BCUT2D eigenvalue weighted by molar-refractivity contribution is 9.10. The van der Waals surface area contributed by atoms with E-state index < -0.39 is 10.0 Å². The van der Waals surface area contributed by atoms with E-state index in [9.17, 15) is 8.42 Å². The van der Waals surface area contributed by atoms with Crippen molar-refractivity contribution in [2.75, 3.05) is 22.5 Å². The van der Waals surface area contributed by atoms with Crippen LogP contribution in [0.15, 0.2) is 24.3 Å². The summed E-state index contributed by atoms with van der Waals surface area (Å²) in [6, 6.07) is 7.59. The zero-order valence-electron chi connectivity index (χ0n) is 10.1. The molecule has 0 saturated carbocycles. The summed E-state index contributed by atoms with van der Waals surface area (Å²) >= 11 is 2.96. The average Bonchev–Trinajstić information content (AvgIpc) is 2.82. The van der Waals surface area contributed by atoms with Crippen LogP contribution in [0.1, 0.15) is 18.4 Å². The maximum Gasteiger partial charge on any atom is 0.242 e. The van der Waals surface area contributed by atoms with E-state index in [1.54, 1.807) is 6.07 Å². The first-order valence-electron chi connectivity index (χ1n) is 5.97. The molecule has 18 heavy (non-hydrogen) atoms. The number of nitrogens with one attached hydrogen (secondary N) is 1. The second kappa shape index (κ2) is 6.04. The van der Waals surface area contributed by atoms with Gasteiger partial charge in [0.25, 0.3) is 0 Å². The van der Waals surface area contributed by atoms with Crippen LogP contribution in [0.2, 0.25) is 0 Å². The molecule has 1 heterocycles. The third-order valence-electron chi connectivity index (χ3n) is 2.95. The second-order valence-corrected chi connectivity index (χ2v) is 7.53. The molecule has 2 rings (SSSR count). The Morgan fingerprint density at radius 2 is 2.00 bits per heavy atom. The molecule has 1 saturated heterocycles. The third kappa shape index (κ3) is 3.96. The van der Waals surface area contributed by atoms with E-state index in [-0.39, 0.29) is 4.66 Å². The van der Waals surface area contributed by atoms with E-state index >= 15 is 0 Å². The standard InChI is InChI=1S/C12H17BrN2O2S/c13-10-18(16,17)14-12-5-3-4-11(8-12)9-15-6-1-2-7-15/h3-5,8,14H,1-2,6-7,9-10H2. The summed E-state index contributed by atoms with van der Waals surface area (Å²) in [6.07, 6.45) is 2.52. The monoisotopic (exact) mass is 332 g/mol. The Morgan fingerprint density at radius 1 is 1.28 bits per heavy atom. The number of benzene rings is 1. The van der Waals surface area contributed by atoms with Gasteiger partial charge in [0.05, 0.1) is 0 Å². The highest BCUT2D eigenvalue weighted by atomic mass is 79.9. The van der Waals surface area contributed by atoms with E-state index in [0.717, 1.165) is 25.2 Å². The summed E-state index contributed by atoms with van der Waals surface area (Å²) in [4.78, 5) is 2.39. The SMILES string of the molecule is O=S(=O)(CBr)Nc1cccc(CN2CCCC2)c1. The van der Waals surface area contributed by atoms with Gasteiger partial charge in [-0.1, -0.05) is 28.1 Å². The number of hydrogen-bond acceptors (Lipinski definition) is 3. The fourth-order valence-electron chi connectivity index (χ4n) is 2.14. The van der Waals surface area contributed by atoms with Gasteiger partial charge in [0.15, 0.2) is 0 Å².